The molecule has 16 nitrogen and oxygen atoms in total. The maximum absolute atomic E-state index is 13.6. The van der Waals surface area contributed by atoms with Gasteiger partial charge < -0.3 is 61.0 Å². The molecule has 2 aromatic carbocycles. The fourth-order valence-corrected chi connectivity index (χ4v) is 8.55. The number of amides is 1. The minimum atomic E-state index is -2.24. The highest BCUT2D eigenvalue weighted by molar-refractivity contribution is 6.31. The van der Waals surface area contributed by atoms with Gasteiger partial charge in [-0.3, -0.25) is 19.2 Å². The molecule has 5 rings (SSSR count). The number of fused-ring (bicyclic) bond motifs is 3. The van der Waals surface area contributed by atoms with E-state index in [1.54, 1.807) is 13.0 Å². The number of phenols is 2. The molecule has 1 fully saturated rings. The second-order valence-corrected chi connectivity index (χ2v) is 16.9. The lowest BCUT2D eigenvalue weighted by atomic mass is 9.72. The second kappa shape index (κ2) is 24.1. The molecular weight excluding hydrogens is 817 g/mol. The highest BCUT2D eigenvalue weighted by Crippen LogP contribution is 2.52. The Morgan fingerprint density at radius 3 is 2.16 bits per heavy atom. The van der Waals surface area contributed by atoms with E-state index >= 15 is 0 Å². The number of unbranched alkanes of at least 4 members (excludes halogenated alkanes) is 11. The first-order chi connectivity index (χ1) is 30.0. The normalized spacial score (nSPS) is 23.8. The predicted octanol–water partition coefficient (Wildman–Crippen LogP) is 4.10. The molecule has 63 heavy (non-hydrogen) atoms. The number of aromatic hydroxyl groups is 2. The maximum Gasteiger partial charge on any atom is 0.217 e. The number of benzene rings is 2. The average Bonchev–Trinajstić information content (AvgIpc) is 3.25. The number of rotatable bonds is 21. The monoisotopic (exact) mass is 884 g/mol. The second-order valence-electron chi connectivity index (χ2n) is 16.9. The van der Waals surface area contributed by atoms with Gasteiger partial charge >= 0.3 is 0 Å². The molecular formula is C47H68N2O14. The minimum Gasteiger partial charge on any atom is -0.507 e. The number of nitrogens with two attached hydrogens (primary N) is 1. The van der Waals surface area contributed by atoms with Gasteiger partial charge in [-0.15, -0.1) is 0 Å². The van der Waals surface area contributed by atoms with Crippen molar-refractivity contribution in [3.63, 3.8) is 0 Å². The van der Waals surface area contributed by atoms with Crippen molar-refractivity contribution in [2.75, 3.05) is 20.3 Å². The summed E-state index contributed by atoms with van der Waals surface area (Å²) in [4.78, 5) is 50.7. The van der Waals surface area contributed by atoms with E-state index in [4.69, 9.17) is 25.1 Å². The van der Waals surface area contributed by atoms with Crippen LogP contribution >= 0.6 is 0 Å². The van der Waals surface area contributed by atoms with Crippen LogP contribution in [0.15, 0.2) is 30.4 Å². The molecule has 2 aliphatic carbocycles. The fourth-order valence-electron chi connectivity index (χ4n) is 8.55. The largest absolute Gasteiger partial charge is 0.507 e. The van der Waals surface area contributed by atoms with Crippen LogP contribution in [-0.2, 0) is 25.5 Å². The van der Waals surface area contributed by atoms with Crippen LogP contribution in [-0.4, -0.2) is 122 Å². The molecule has 0 aromatic heterocycles. The molecule has 0 spiro atoms. The Bertz CT molecular complexity index is 1910. The number of allylic oxidation sites excluding steroid dienone is 1. The van der Waals surface area contributed by atoms with E-state index in [0.717, 1.165) is 12.8 Å². The van der Waals surface area contributed by atoms with E-state index in [9.17, 15) is 49.8 Å². The van der Waals surface area contributed by atoms with Crippen LogP contribution in [0.2, 0.25) is 0 Å². The highest BCUT2D eigenvalue weighted by Gasteiger charge is 2.50. The van der Waals surface area contributed by atoms with Gasteiger partial charge in [0.15, 0.2) is 17.9 Å². The zero-order valence-electron chi connectivity index (χ0n) is 37.0. The first-order valence-electron chi connectivity index (χ1n) is 22.3. The van der Waals surface area contributed by atoms with Gasteiger partial charge in [-0.1, -0.05) is 95.4 Å². The number of carbonyl (C=O) groups is 4. The standard InChI is InChI=1S/C27H29NO11.C20H39NO3/c1-10-22(31)13(28)6-17(38-10)39-15-8-27(36,16(30)9-29)7-12-19(15)26(35)21-20(24(12)33)23(32)11-4-3-5-14(37-2)18(11)25(21)34;1-3-4-5-6-7-8-9-10-11-12-13-14-15-16-20(24)19(17-22)21-18(2)23/h3-5,10,13,15,17,22,29,31,33,35-36H,6-9,28H2,1-2H3;15-16,19-20,22,24H,3-14,17H2,1-2H3,(H,21,23)/b;16-15+/t10-,13-,15-,17-,22+,27-;19-,20+/m00/s1. The molecule has 0 bridgehead atoms. The molecule has 1 aliphatic heterocycles. The smallest absolute Gasteiger partial charge is 0.217 e. The number of methoxy groups -OCH3 is 1. The predicted molar refractivity (Wildman–Crippen MR) is 233 cm³/mol. The van der Waals surface area contributed by atoms with Gasteiger partial charge in [0.2, 0.25) is 11.7 Å². The number of aliphatic hydroxyl groups is 5. The summed E-state index contributed by atoms with van der Waals surface area (Å²) in [7, 11) is 1.32. The van der Waals surface area contributed by atoms with E-state index in [1.165, 1.54) is 96.4 Å². The Kier molecular flexibility index (Phi) is 19.7. The first kappa shape index (κ1) is 51.4. The minimum absolute atomic E-state index is 0.0173. The van der Waals surface area contributed by atoms with E-state index in [1.807, 2.05) is 6.08 Å². The molecule has 10 N–H and O–H groups in total. The summed E-state index contributed by atoms with van der Waals surface area (Å²) >= 11 is 0. The van der Waals surface area contributed by atoms with Gasteiger partial charge in [0, 0.05) is 48.9 Å². The number of aliphatic hydroxyl groups excluding tert-OH is 4. The lowest BCUT2D eigenvalue weighted by molar-refractivity contribution is -0.247. The molecule has 0 radical (unpaired) electrons. The van der Waals surface area contributed by atoms with Crippen LogP contribution in [0.25, 0.3) is 0 Å². The quantitative estimate of drug-likeness (QED) is 0.0414. The number of hydrogen-bond acceptors (Lipinski definition) is 15. The van der Waals surface area contributed by atoms with Crippen molar-refractivity contribution in [2.45, 2.75) is 165 Å². The maximum atomic E-state index is 13.6. The Morgan fingerprint density at radius 2 is 1.59 bits per heavy atom. The number of nitrogens with one attached hydrogen (secondary N) is 1. The number of Topliss-reactive ketones (excluding diaryl/α,β-unsaturated/α-hetero) is 1. The first-order valence-corrected chi connectivity index (χ1v) is 22.3. The van der Waals surface area contributed by atoms with Crippen molar-refractivity contribution >= 4 is 23.3 Å². The number of phenolic OH excluding ortho intramolecular Hbond substituents is 2. The summed E-state index contributed by atoms with van der Waals surface area (Å²) in [5.41, 5.74) is 2.37. The SMILES string of the molecule is CCCCCCCCCCCCC/C=C/[C@@H](O)[C@H](CO)NC(C)=O.COc1cccc2c1C(=O)c1c(O)c3c(c(O)c1C2=O)C[C@@](O)(C(=O)CO)C[C@@H]3O[C@H]1C[C@H](N)[C@H](O)[C@H](C)O1. The average molecular weight is 885 g/mol. The summed E-state index contributed by atoms with van der Waals surface area (Å²) in [6.07, 6.45) is 13.2. The Hall–Kier alpha value is -4.26. The number of carbonyl (C=O) groups excluding carboxylic acids is 4. The molecule has 0 saturated carbocycles. The molecule has 16 heteroatoms. The van der Waals surface area contributed by atoms with Crippen LogP contribution in [0.4, 0.5) is 0 Å². The van der Waals surface area contributed by atoms with Crippen LogP contribution in [0.3, 0.4) is 0 Å². The van der Waals surface area contributed by atoms with E-state index in [2.05, 4.69) is 12.2 Å². The van der Waals surface area contributed by atoms with Gasteiger partial charge in [0.1, 0.15) is 29.5 Å². The summed E-state index contributed by atoms with van der Waals surface area (Å²) < 4.78 is 17.0. The highest BCUT2D eigenvalue weighted by atomic mass is 16.7. The van der Waals surface area contributed by atoms with Crippen molar-refractivity contribution < 1.29 is 69.1 Å². The van der Waals surface area contributed by atoms with Crippen LogP contribution in [0.1, 0.15) is 160 Å². The van der Waals surface area contributed by atoms with Gasteiger partial charge in [0.05, 0.1) is 60.9 Å². The van der Waals surface area contributed by atoms with Crippen molar-refractivity contribution in [3.05, 3.63) is 63.7 Å². The summed E-state index contributed by atoms with van der Waals surface area (Å²) in [6, 6.07) is 3.02. The molecule has 1 amide bonds. The molecule has 3 aliphatic rings. The number of hydrogen-bond donors (Lipinski definition) is 9. The van der Waals surface area contributed by atoms with Crippen LogP contribution in [0.5, 0.6) is 17.2 Å². The molecule has 0 unspecified atom stereocenters. The zero-order valence-corrected chi connectivity index (χ0v) is 37.0. The van der Waals surface area contributed by atoms with Gasteiger partial charge in [0.25, 0.3) is 0 Å². The summed E-state index contributed by atoms with van der Waals surface area (Å²) in [5.74, 6) is -4.02. The third-order valence-electron chi connectivity index (χ3n) is 12.1. The van der Waals surface area contributed by atoms with E-state index < -0.39 is 108 Å². The topological polar surface area (TPSA) is 276 Å². The van der Waals surface area contributed by atoms with Gasteiger partial charge in [-0.25, -0.2) is 0 Å². The Balaban J connectivity index is 0.000000314. The van der Waals surface area contributed by atoms with Crippen molar-refractivity contribution in [2.24, 2.45) is 5.73 Å². The Morgan fingerprint density at radius 1 is 0.968 bits per heavy atom. The van der Waals surface area contributed by atoms with Gasteiger partial charge in [-0.2, -0.15) is 0 Å². The number of ether oxygens (including phenoxy) is 3. The zero-order chi connectivity index (χ0) is 46.4. The molecule has 2 aromatic rings. The van der Waals surface area contributed by atoms with Crippen molar-refractivity contribution in [3.8, 4) is 17.2 Å². The van der Waals surface area contributed by atoms with Crippen molar-refractivity contribution in [1.29, 1.82) is 0 Å². The summed E-state index contributed by atoms with van der Waals surface area (Å²) in [5, 5.41) is 75.2. The lowest BCUT2D eigenvalue weighted by Crippen LogP contribution is -2.53. The number of ketones is 3. The van der Waals surface area contributed by atoms with E-state index in [0.29, 0.717) is 0 Å². The van der Waals surface area contributed by atoms with Crippen LogP contribution < -0.4 is 15.8 Å². The third kappa shape index (κ3) is 12.7. The molecule has 8 atom stereocenters. The molecule has 350 valence electrons. The molecule has 1 saturated heterocycles. The van der Waals surface area contributed by atoms with Crippen LogP contribution in [0, 0.1) is 0 Å². The third-order valence-corrected chi connectivity index (χ3v) is 12.1. The Labute approximate surface area is 369 Å². The molecule has 1 heterocycles. The van der Waals surface area contributed by atoms with E-state index in [-0.39, 0.29) is 46.9 Å². The van der Waals surface area contributed by atoms with Crippen molar-refractivity contribution in [1.82, 2.24) is 5.32 Å². The summed E-state index contributed by atoms with van der Waals surface area (Å²) in [6.45, 7) is 3.93. The lowest BCUT2D eigenvalue weighted by Gasteiger charge is -2.42. The van der Waals surface area contributed by atoms with Gasteiger partial charge in [-0.05, 0) is 25.8 Å². The fraction of sp³-hybridized carbons (Fsp3) is 0.617.